The van der Waals surface area contributed by atoms with Crippen LogP contribution in [-0.2, 0) is 4.79 Å². The number of hydrogen-bond donors (Lipinski definition) is 0. The molecule has 0 aliphatic carbocycles. The highest BCUT2D eigenvalue weighted by Gasteiger charge is 2.09. The van der Waals surface area contributed by atoms with Crippen LogP contribution in [0.1, 0.15) is 10.4 Å². The monoisotopic (exact) mass is 361 g/mol. The Kier molecular flexibility index (Phi) is 5.47. The SMILES string of the molecule is COc1cc(C#N)ccc1OC(=O)/C=C/c1ccc(-c2ccccc2)s1. The van der Waals surface area contributed by atoms with Gasteiger partial charge in [0.25, 0.3) is 0 Å². The lowest BCUT2D eigenvalue weighted by molar-refractivity contribution is -0.129. The zero-order valence-electron chi connectivity index (χ0n) is 14.0. The van der Waals surface area contributed by atoms with E-state index in [0.29, 0.717) is 11.3 Å². The Balaban J connectivity index is 1.69. The van der Waals surface area contributed by atoms with Crippen LogP contribution >= 0.6 is 11.3 Å². The highest BCUT2D eigenvalue weighted by molar-refractivity contribution is 7.16. The van der Waals surface area contributed by atoms with Gasteiger partial charge in [-0.1, -0.05) is 30.3 Å². The molecule has 3 rings (SSSR count). The lowest BCUT2D eigenvalue weighted by atomic mass is 10.2. The van der Waals surface area contributed by atoms with Crippen molar-refractivity contribution in [1.82, 2.24) is 0 Å². The standard InChI is InChI=1S/C21H15NO3S/c1-24-19-13-15(14-22)7-10-18(19)25-21(23)12-9-17-8-11-20(26-17)16-5-3-2-4-6-16/h2-13H,1H3/b12-9+. The number of methoxy groups -OCH3 is 1. The third-order valence-electron chi connectivity index (χ3n) is 3.57. The molecule has 26 heavy (non-hydrogen) atoms. The highest BCUT2D eigenvalue weighted by atomic mass is 32.1. The Morgan fingerprint density at radius 2 is 1.88 bits per heavy atom. The summed E-state index contributed by atoms with van der Waals surface area (Å²) in [5, 5.41) is 8.90. The van der Waals surface area contributed by atoms with Crippen LogP contribution in [0.3, 0.4) is 0 Å². The average molecular weight is 361 g/mol. The molecule has 0 unspecified atom stereocenters. The number of carbonyl (C=O) groups is 1. The summed E-state index contributed by atoms with van der Waals surface area (Å²) in [5.74, 6) is 0.105. The second-order valence-corrected chi connectivity index (χ2v) is 6.42. The first-order chi connectivity index (χ1) is 12.7. The molecule has 0 radical (unpaired) electrons. The number of rotatable bonds is 5. The maximum absolute atomic E-state index is 12.1. The summed E-state index contributed by atoms with van der Waals surface area (Å²) in [7, 11) is 1.46. The summed E-state index contributed by atoms with van der Waals surface area (Å²) >= 11 is 1.59. The second-order valence-electron chi connectivity index (χ2n) is 5.30. The van der Waals surface area contributed by atoms with Crippen molar-refractivity contribution in [1.29, 1.82) is 5.26 Å². The third kappa shape index (κ3) is 4.18. The number of esters is 1. The molecular formula is C21H15NO3S. The van der Waals surface area contributed by atoms with Crippen LogP contribution in [0, 0.1) is 11.3 Å². The topological polar surface area (TPSA) is 59.3 Å². The van der Waals surface area contributed by atoms with Crippen molar-refractivity contribution >= 4 is 23.4 Å². The van der Waals surface area contributed by atoms with Crippen molar-refractivity contribution in [3.05, 3.63) is 77.2 Å². The first-order valence-corrected chi connectivity index (χ1v) is 8.64. The zero-order valence-corrected chi connectivity index (χ0v) is 14.8. The number of carbonyl (C=O) groups excluding carboxylic acids is 1. The van der Waals surface area contributed by atoms with Gasteiger partial charge < -0.3 is 9.47 Å². The molecule has 0 saturated heterocycles. The summed E-state index contributed by atoms with van der Waals surface area (Å²) < 4.78 is 10.4. The second kappa shape index (κ2) is 8.15. The van der Waals surface area contributed by atoms with E-state index in [1.54, 1.807) is 29.5 Å². The Hall–Kier alpha value is -3.36. The molecule has 3 aromatic rings. The fourth-order valence-corrected chi connectivity index (χ4v) is 3.23. The van der Waals surface area contributed by atoms with Crippen molar-refractivity contribution in [2.24, 2.45) is 0 Å². The molecule has 0 aliphatic rings. The van der Waals surface area contributed by atoms with Gasteiger partial charge in [-0.15, -0.1) is 11.3 Å². The van der Waals surface area contributed by atoms with Gasteiger partial charge in [-0.25, -0.2) is 4.79 Å². The van der Waals surface area contributed by atoms with Crippen LogP contribution in [0.15, 0.2) is 66.7 Å². The minimum absolute atomic E-state index is 0.275. The lowest BCUT2D eigenvalue weighted by Gasteiger charge is -2.07. The predicted molar refractivity (Wildman–Crippen MR) is 102 cm³/mol. The molecule has 0 saturated carbocycles. The van der Waals surface area contributed by atoms with Gasteiger partial charge in [0, 0.05) is 21.9 Å². The Bertz CT molecular complexity index is 984. The van der Waals surface area contributed by atoms with Crippen LogP contribution in [0.5, 0.6) is 11.5 Å². The fraction of sp³-hybridized carbons (Fsp3) is 0.0476. The van der Waals surface area contributed by atoms with Crippen molar-refractivity contribution in [3.63, 3.8) is 0 Å². The van der Waals surface area contributed by atoms with E-state index < -0.39 is 5.97 Å². The van der Waals surface area contributed by atoms with E-state index in [-0.39, 0.29) is 5.75 Å². The van der Waals surface area contributed by atoms with Gasteiger partial charge in [-0.05, 0) is 35.9 Å². The molecular weight excluding hydrogens is 346 g/mol. The minimum atomic E-state index is -0.511. The van der Waals surface area contributed by atoms with Crippen LogP contribution < -0.4 is 9.47 Å². The lowest BCUT2D eigenvalue weighted by Crippen LogP contribution is -2.05. The minimum Gasteiger partial charge on any atom is -0.493 e. The van der Waals surface area contributed by atoms with E-state index in [1.807, 2.05) is 48.5 Å². The average Bonchev–Trinajstić information content (AvgIpc) is 3.16. The molecule has 2 aromatic carbocycles. The van der Waals surface area contributed by atoms with Crippen molar-refractivity contribution in [2.75, 3.05) is 7.11 Å². The first kappa shape index (κ1) is 17.5. The largest absolute Gasteiger partial charge is 0.493 e. The van der Waals surface area contributed by atoms with Gasteiger partial charge in [-0.2, -0.15) is 5.26 Å². The van der Waals surface area contributed by atoms with Gasteiger partial charge in [-0.3, -0.25) is 0 Å². The molecule has 5 heteroatoms. The maximum atomic E-state index is 12.1. The normalized spacial score (nSPS) is 10.5. The van der Waals surface area contributed by atoms with Gasteiger partial charge >= 0.3 is 5.97 Å². The molecule has 0 N–H and O–H groups in total. The van der Waals surface area contributed by atoms with Gasteiger partial charge in [0.2, 0.25) is 0 Å². The zero-order chi connectivity index (χ0) is 18.4. The Labute approximate surface area is 155 Å². The summed E-state index contributed by atoms with van der Waals surface area (Å²) in [6, 6.07) is 20.7. The molecule has 128 valence electrons. The quantitative estimate of drug-likeness (QED) is 0.368. The molecule has 0 bridgehead atoms. The number of ether oxygens (including phenoxy) is 2. The van der Waals surface area contributed by atoms with Crippen molar-refractivity contribution in [2.45, 2.75) is 0 Å². The molecule has 0 spiro atoms. The molecule has 0 atom stereocenters. The predicted octanol–water partition coefficient (Wildman–Crippen LogP) is 4.91. The number of benzene rings is 2. The molecule has 1 aromatic heterocycles. The Morgan fingerprint density at radius 3 is 2.62 bits per heavy atom. The fourth-order valence-electron chi connectivity index (χ4n) is 2.31. The van der Waals surface area contributed by atoms with E-state index in [4.69, 9.17) is 14.7 Å². The molecule has 0 aliphatic heterocycles. The summed E-state index contributed by atoms with van der Waals surface area (Å²) in [4.78, 5) is 14.1. The summed E-state index contributed by atoms with van der Waals surface area (Å²) in [5.41, 5.74) is 1.58. The van der Waals surface area contributed by atoms with Crippen LogP contribution in [-0.4, -0.2) is 13.1 Å². The van der Waals surface area contributed by atoms with Gasteiger partial charge in [0.15, 0.2) is 11.5 Å². The third-order valence-corrected chi connectivity index (χ3v) is 4.67. The van der Waals surface area contributed by atoms with Crippen LogP contribution in [0.25, 0.3) is 16.5 Å². The van der Waals surface area contributed by atoms with E-state index in [9.17, 15) is 4.79 Å². The maximum Gasteiger partial charge on any atom is 0.336 e. The smallest absolute Gasteiger partial charge is 0.336 e. The van der Waals surface area contributed by atoms with Gasteiger partial charge in [0.05, 0.1) is 18.7 Å². The number of nitrogens with zero attached hydrogens (tertiary/aromatic N) is 1. The number of hydrogen-bond acceptors (Lipinski definition) is 5. The van der Waals surface area contributed by atoms with Crippen molar-refractivity contribution < 1.29 is 14.3 Å². The van der Waals surface area contributed by atoms with E-state index in [0.717, 1.165) is 15.3 Å². The molecule has 1 heterocycles. The first-order valence-electron chi connectivity index (χ1n) is 7.83. The molecule has 0 fully saturated rings. The van der Waals surface area contributed by atoms with E-state index in [1.165, 1.54) is 19.3 Å². The molecule has 4 nitrogen and oxygen atoms in total. The number of thiophene rings is 1. The molecule has 0 amide bonds. The summed E-state index contributed by atoms with van der Waals surface area (Å²) in [6.07, 6.45) is 3.09. The Morgan fingerprint density at radius 1 is 1.08 bits per heavy atom. The van der Waals surface area contributed by atoms with Gasteiger partial charge in [0.1, 0.15) is 0 Å². The van der Waals surface area contributed by atoms with Crippen molar-refractivity contribution in [3.8, 4) is 28.0 Å². The number of nitriles is 1. The van der Waals surface area contributed by atoms with E-state index in [2.05, 4.69) is 0 Å². The van der Waals surface area contributed by atoms with E-state index >= 15 is 0 Å². The van der Waals surface area contributed by atoms with Crippen LogP contribution in [0.2, 0.25) is 0 Å². The summed E-state index contributed by atoms with van der Waals surface area (Å²) in [6.45, 7) is 0. The highest BCUT2D eigenvalue weighted by Crippen LogP contribution is 2.29. The van der Waals surface area contributed by atoms with Crippen LogP contribution in [0.4, 0.5) is 0 Å².